The van der Waals surface area contributed by atoms with E-state index in [4.69, 9.17) is 4.74 Å². The predicted molar refractivity (Wildman–Crippen MR) is 110 cm³/mol. The third kappa shape index (κ3) is 4.12. The van der Waals surface area contributed by atoms with Crippen molar-refractivity contribution in [2.24, 2.45) is 0 Å². The SMILES string of the molecule is COc1ccc(-c2cccc(C(=O)N3CCN(C(=O)c4cccnc4)CC3)c2)nn1. The molecule has 0 atom stereocenters. The highest BCUT2D eigenvalue weighted by Crippen LogP contribution is 2.20. The van der Waals surface area contributed by atoms with Gasteiger partial charge in [0.2, 0.25) is 5.88 Å². The molecule has 1 aliphatic heterocycles. The monoisotopic (exact) mass is 403 g/mol. The Morgan fingerprint density at radius 2 is 1.57 bits per heavy atom. The van der Waals surface area contributed by atoms with E-state index in [2.05, 4.69) is 15.2 Å². The number of hydrogen-bond acceptors (Lipinski definition) is 6. The molecule has 2 aromatic heterocycles. The second-order valence-corrected chi connectivity index (χ2v) is 6.87. The van der Waals surface area contributed by atoms with E-state index in [1.165, 1.54) is 7.11 Å². The molecule has 3 heterocycles. The van der Waals surface area contributed by atoms with Gasteiger partial charge >= 0.3 is 0 Å². The van der Waals surface area contributed by atoms with Gasteiger partial charge in [0.1, 0.15) is 0 Å². The Morgan fingerprint density at radius 3 is 2.17 bits per heavy atom. The second-order valence-electron chi connectivity index (χ2n) is 6.87. The average Bonchev–Trinajstić information content (AvgIpc) is 2.84. The number of aromatic nitrogens is 3. The molecule has 1 aromatic carbocycles. The molecular weight excluding hydrogens is 382 g/mol. The van der Waals surface area contributed by atoms with Gasteiger partial charge in [-0.1, -0.05) is 12.1 Å². The van der Waals surface area contributed by atoms with Gasteiger partial charge in [-0.05, 0) is 30.3 Å². The summed E-state index contributed by atoms with van der Waals surface area (Å²) < 4.78 is 5.03. The molecule has 0 unspecified atom stereocenters. The minimum atomic E-state index is -0.0632. The summed E-state index contributed by atoms with van der Waals surface area (Å²) in [7, 11) is 1.53. The number of methoxy groups -OCH3 is 1. The molecule has 0 aliphatic carbocycles. The number of carbonyl (C=O) groups excluding carboxylic acids is 2. The number of nitrogens with zero attached hydrogens (tertiary/aromatic N) is 5. The summed E-state index contributed by atoms with van der Waals surface area (Å²) in [5.41, 5.74) is 2.61. The Kier molecular flexibility index (Phi) is 5.65. The van der Waals surface area contributed by atoms with Crippen molar-refractivity contribution < 1.29 is 14.3 Å². The van der Waals surface area contributed by atoms with Gasteiger partial charge < -0.3 is 14.5 Å². The van der Waals surface area contributed by atoms with Gasteiger partial charge in [-0.15, -0.1) is 10.2 Å². The lowest BCUT2D eigenvalue weighted by Crippen LogP contribution is -2.50. The molecule has 8 nitrogen and oxygen atoms in total. The summed E-state index contributed by atoms with van der Waals surface area (Å²) in [6.07, 6.45) is 3.20. The number of rotatable bonds is 4. The molecule has 1 aliphatic rings. The number of hydrogen-bond donors (Lipinski definition) is 0. The van der Waals surface area contributed by atoms with Crippen molar-refractivity contribution in [2.45, 2.75) is 0 Å². The Hall–Kier alpha value is -3.81. The number of amides is 2. The molecule has 1 saturated heterocycles. The van der Waals surface area contributed by atoms with Crippen molar-refractivity contribution in [3.05, 3.63) is 72.1 Å². The van der Waals surface area contributed by atoms with Crippen LogP contribution in [0.3, 0.4) is 0 Å². The van der Waals surface area contributed by atoms with Crippen LogP contribution in [-0.4, -0.2) is 70.1 Å². The largest absolute Gasteiger partial charge is 0.480 e. The first-order valence-electron chi connectivity index (χ1n) is 9.62. The first kappa shape index (κ1) is 19.5. The Bertz CT molecular complexity index is 1030. The summed E-state index contributed by atoms with van der Waals surface area (Å²) in [4.78, 5) is 33.1. The highest BCUT2D eigenvalue weighted by molar-refractivity contribution is 5.96. The maximum absolute atomic E-state index is 13.0. The third-order valence-corrected chi connectivity index (χ3v) is 5.02. The van der Waals surface area contributed by atoms with Crippen LogP contribution >= 0.6 is 0 Å². The van der Waals surface area contributed by atoms with E-state index in [0.717, 1.165) is 5.56 Å². The molecule has 0 radical (unpaired) electrons. The summed E-state index contributed by atoms with van der Waals surface area (Å²) in [6, 6.07) is 14.3. The standard InChI is InChI=1S/C22H21N5O3/c1-30-20-8-7-19(24-25-20)16-4-2-5-17(14-16)21(28)26-10-12-27(13-11-26)22(29)18-6-3-9-23-15-18/h2-9,14-15H,10-13H2,1H3. The number of piperazine rings is 1. The number of ether oxygens (including phenoxy) is 1. The van der Waals surface area contributed by atoms with E-state index in [9.17, 15) is 9.59 Å². The molecule has 0 saturated carbocycles. The molecule has 0 N–H and O–H groups in total. The Balaban J connectivity index is 1.42. The van der Waals surface area contributed by atoms with Gasteiger partial charge in [0.15, 0.2) is 0 Å². The molecule has 8 heteroatoms. The summed E-state index contributed by atoms with van der Waals surface area (Å²) in [5, 5.41) is 8.12. The van der Waals surface area contributed by atoms with Gasteiger partial charge in [-0.2, -0.15) is 0 Å². The Labute approximate surface area is 174 Å². The first-order chi connectivity index (χ1) is 14.7. The van der Waals surface area contributed by atoms with Crippen LogP contribution < -0.4 is 4.74 Å². The minimum absolute atomic E-state index is 0.0599. The predicted octanol–water partition coefficient (Wildman–Crippen LogP) is 2.15. The first-order valence-corrected chi connectivity index (χ1v) is 9.62. The van der Waals surface area contributed by atoms with E-state index in [1.54, 1.807) is 52.5 Å². The van der Waals surface area contributed by atoms with Gasteiger partial charge in [0.25, 0.3) is 11.8 Å². The van der Waals surface area contributed by atoms with Gasteiger partial charge in [0, 0.05) is 55.8 Å². The average molecular weight is 403 g/mol. The van der Waals surface area contributed by atoms with Crippen molar-refractivity contribution in [3.63, 3.8) is 0 Å². The second kappa shape index (κ2) is 8.69. The van der Waals surface area contributed by atoms with Crippen LogP contribution in [0, 0.1) is 0 Å². The van der Waals surface area contributed by atoms with E-state index < -0.39 is 0 Å². The lowest BCUT2D eigenvalue weighted by atomic mass is 10.1. The molecule has 0 bridgehead atoms. The van der Waals surface area contributed by atoms with Gasteiger partial charge in [-0.25, -0.2) is 0 Å². The van der Waals surface area contributed by atoms with Gasteiger partial charge in [0.05, 0.1) is 18.4 Å². The fourth-order valence-corrected chi connectivity index (χ4v) is 3.36. The lowest BCUT2D eigenvalue weighted by Gasteiger charge is -2.34. The minimum Gasteiger partial charge on any atom is -0.480 e. The molecule has 1 fully saturated rings. The molecule has 4 rings (SSSR count). The molecule has 3 aromatic rings. The summed E-state index contributed by atoms with van der Waals surface area (Å²) in [6.45, 7) is 1.95. The van der Waals surface area contributed by atoms with E-state index in [0.29, 0.717) is 48.9 Å². The van der Waals surface area contributed by atoms with Crippen LogP contribution in [0.1, 0.15) is 20.7 Å². The molecular formula is C22H21N5O3. The fraction of sp³-hybridized carbons (Fsp3) is 0.227. The van der Waals surface area contributed by atoms with Crippen molar-refractivity contribution in [2.75, 3.05) is 33.3 Å². The normalized spacial score (nSPS) is 13.8. The Morgan fingerprint density at radius 1 is 0.867 bits per heavy atom. The van der Waals surface area contributed by atoms with E-state index in [-0.39, 0.29) is 11.8 Å². The third-order valence-electron chi connectivity index (χ3n) is 5.02. The molecule has 152 valence electrons. The summed E-state index contributed by atoms with van der Waals surface area (Å²) in [5.74, 6) is 0.312. The van der Waals surface area contributed by atoms with Crippen molar-refractivity contribution in [3.8, 4) is 17.1 Å². The summed E-state index contributed by atoms with van der Waals surface area (Å²) >= 11 is 0. The number of benzene rings is 1. The van der Waals surface area contributed by atoms with Crippen LogP contribution in [-0.2, 0) is 0 Å². The van der Waals surface area contributed by atoms with Crippen molar-refractivity contribution in [1.29, 1.82) is 0 Å². The molecule has 2 amide bonds. The van der Waals surface area contributed by atoms with Crippen molar-refractivity contribution in [1.82, 2.24) is 25.0 Å². The zero-order chi connectivity index (χ0) is 20.9. The smallest absolute Gasteiger partial charge is 0.255 e. The highest BCUT2D eigenvalue weighted by atomic mass is 16.5. The quantitative estimate of drug-likeness (QED) is 0.663. The lowest BCUT2D eigenvalue weighted by molar-refractivity contribution is 0.0535. The number of carbonyl (C=O) groups is 2. The maximum Gasteiger partial charge on any atom is 0.255 e. The van der Waals surface area contributed by atoms with Crippen LogP contribution in [0.25, 0.3) is 11.3 Å². The zero-order valence-electron chi connectivity index (χ0n) is 16.6. The molecule has 0 spiro atoms. The maximum atomic E-state index is 13.0. The topological polar surface area (TPSA) is 88.5 Å². The highest BCUT2D eigenvalue weighted by Gasteiger charge is 2.25. The molecule has 30 heavy (non-hydrogen) atoms. The van der Waals surface area contributed by atoms with Crippen LogP contribution in [0.15, 0.2) is 60.9 Å². The zero-order valence-corrected chi connectivity index (χ0v) is 16.6. The van der Waals surface area contributed by atoms with Crippen molar-refractivity contribution >= 4 is 11.8 Å². The van der Waals surface area contributed by atoms with Crippen LogP contribution in [0.5, 0.6) is 5.88 Å². The van der Waals surface area contributed by atoms with Gasteiger partial charge in [-0.3, -0.25) is 14.6 Å². The van der Waals surface area contributed by atoms with E-state index in [1.807, 2.05) is 18.2 Å². The van der Waals surface area contributed by atoms with Crippen LogP contribution in [0.4, 0.5) is 0 Å². The van der Waals surface area contributed by atoms with Crippen LogP contribution in [0.2, 0.25) is 0 Å². The number of pyridine rings is 1. The van der Waals surface area contributed by atoms with E-state index >= 15 is 0 Å². The fourth-order valence-electron chi connectivity index (χ4n) is 3.36.